The first kappa shape index (κ1) is 10.5. The summed E-state index contributed by atoms with van der Waals surface area (Å²) in [6, 6.07) is 1.91. The predicted molar refractivity (Wildman–Crippen MR) is 53.0 cm³/mol. The van der Waals surface area contributed by atoms with E-state index in [1.165, 1.54) is 0 Å². The van der Waals surface area contributed by atoms with E-state index in [1.54, 1.807) is 6.20 Å². The molecule has 0 radical (unpaired) electrons. The molecule has 4 heteroatoms. The summed E-state index contributed by atoms with van der Waals surface area (Å²) in [5.41, 5.74) is 7.10. The molecule has 0 unspecified atom stereocenters. The van der Waals surface area contributed by atoms with E-state index in [4.69, 9.17) is 10.5 Å². The number of carbonyl (C=O) groups excluding carboxylic acids is 1. The van der Waals surface area contributed by atoms with Crippen LogP contribution in [0.2, 0.25) is 0 Å². The minimum atomic E-state index is -0.365. The lowest BCUT2D eigenvalue weighted by Crippen LogP contribution is -2.15. The molecule has 4 nitrogen and oxygen atoms in total. The highest BCUT2D eigenvalue weighted by molar-refractivity contribution is 5.73. The molecule has 1 amide bonds. The Morgan fingerprint density at radius 3 is 2.93 bits per heavy atom. The minimum absolute atomic E-state index is 0.217. The van der Waals surface area contributed by atoms with Gasteiger partial charge in [0.05, 0.1) is 13.0 Å². The summed E-state index contributed by atoms with van der Waals surface area (Å²) in [6.07, 6.45) is 1.90. The Morgan fingerprint density at radius 2 is 2.29 bits per heavy atom. The van der Waals surface area contributed by atoms with Crippen LogP contribution in [0.25, 0.3) is 0 Å². The highest BCUT2D eigenvalue weighted by Gasteiger charge is 2.03. The molecular formula is C10H14N2O2. The molecule has 0 aromatic carbocycles. The molecule has 0 aliphatic carbocycles. The van der Waals surface area contributed by atoms with Crippen molar-refractivity contribution in [1.82, 2.24) is 4.98 Å². The Morgan fingerprint density at radius 1 is 1.57 bits per heavy atom. The maximum absolute atomic E-state index is 10.5. The second kappa shape index (κ2) is 4.60. The number of aromatic nitrogens is 1. The number of nitrogens with two attached hydrogens (primary N) is 1. The summed E-state index contributed by atoms with van der Waals surface area (Å²) in [5, 5.41) is 0. The SMILES string of the molecule is Cc1ccnc(OCCC(N)=O)c1C. The number of pyridine rings is 1. The quantitative estimate of drug-likeness (QED) is 0.776. The van der Waals surface area contributed by atoms with Gasteiger partial charge >= 0.3 is 0 Å². The Labute approximate surface area is 83.1 Å². The van der Waals surface area contributed by atoms with E-state index in [2.05, 4.69) is 4.98 Å². The Bertz CT molecular complexity index is 337. The Kier molecular flexibility index (Phi) is 3.45. The van der Waals surface area contributed by atoms with Gasteiger partial charge in [-0.1, -0.05) is 0 Å². The third-order valence-corrected chi connectivity index (χ3v) is 2.02. The summed E-state index contributed by atoms with van der Waals surface area (Å²) >= 11 is 0. The van der Waals surface area contributed by atoms with Gasteiger partial charge in [0.25, 0.3) is 0 Å². The summed E-state index contributed by atoms with van der Waals surface area (Å²) in [6.45, 7) is 4.20. The molecule has 1 aromatic heterocycles. The summed E-state index contributed by atoms with van der Waals surface area (Å²) in [4.78, 5) is 14.5. The third kappa shape index (κ3) is 2.73. The van der Waals surface area contributed by atoms with Crippen LogP contribution in [0.1, 0.15) is 17.5 Å². The first-order valence-corrected chi connectivity index (χ1v) is 4.44. The maximum Gasteiger partial charge on any atom is 0.220 e. The maximum atomic E-state index is 10.5. The molecule has 1 heterocycles. The molecule has 0 atom stereocenters. The smallest absolute Gasteiger partial charge is 0.220 e. The van der Waals surface area contributed by atoms with Gasteiger partial charge in [-0.2, -0.15) is 0 Å². The van der Waals surface area contributed by atoms with E-state index in [0.29, 0.717) is 5.88 Å². The molecule has 0 bridgehead atoms. The van der Waals surface area contributed by atoms with Crippen molar-refractivity contribution >= 4 is 5.91 Å². The van der Waals surface area contributed by atoms with Gasteiger partial charge in [0.2, 0.25) is 11.8 Å². The highest BCUT2D eigenvalue weighted by atomic mass is 16.5. The van der Waals surface area contributed by atoms with Crippen molar-refractivity contribution in [2.75, 3.05) is 6.61 Å². The fourth-order valence-electron chi connectivity index (χ4n) is 1.00. The van der Waals surface area contributed by atoms with Gasteiger partial charge in [-0.15, -0.1) is 0 Å². The lowest BCUT2D eigenvalue weighted by atomic mass is 10.2. The molecule has 0 spiro atoms. The van der Waals surface area contributed by atoms with Crippen LogP contribution in [-0.4, -0.2) is 17.5 Å². The van der Waals surface area contributed by atoms with Crippen LogP contribution >= 0.6 is 0 Å². The second-order valence-corrected chi connectivity index (χ2v) is 3.12. The number of rotatable bonds is 4. The second-order valence-electron chi connectivity index (χ2n) is 3.12. The van der Waals surface area contributed by atoms with Gasteiger partial charge in [0.15, 0.2) is 0 Å². The van der Waals surface area contributed by atoms with Crippen molar-refractivity contribution in [1.29, 1.82) is 0 Å². The van der Waals surface area contributed by atoms with Crippen molar-refractivity contribution in [3.63, 3.8) is 0 Å². The van der Waals surface area contributed by atoms with Gasteiger partial charge in [0, 0.05) is 11.8 Å². The molecule has 1 rings (SSSR count). The number of nitrogens with zero attached hydrogens (tertiary/aromatic N) is 1. The molecule has 14 heavy (non-hydrogen) atoms. The number of aryl methyl sites for hydroxylation is 1. The number of ether oxygens (including phenoxy) is 1. The van der Waals surface area contributed by atoms with Crippen LogP contribution in [0.15, 0.2) is 12.3 Å². The molecule has 0 aliphatic heterocycles. The number of amides is 1. The fourth-order valence-corrected chi connectivity index (χ4v) is 1.00. The number of carbonyl (C=O) groups is 1. The first-order valence-electron chi connectivity index (χ1n) is 4.44. The van der Waals surface area contributed by atoms with Crippen LogP contribution in [0.4, 0.5) is 0 Å². The zero-order valence-electron chi connectivity index (χ0n) is 8.41. The first-order chi connectivity index (χ1) is 6.61. The van der Waals surface area contributed by atoms with E-state index in [0.717, 1.165) is 11.1 Å². The molecule has 0 saturated heterocycles. The lowest BCUT2D eigenvalue weighted by molar-refractivity contribution is -0.118. The molecular weight excluding hydrogens is 180 g/mol. The molecule has 0 saturated carbocycles. The van der Waals surface area contributed by atoms with Crippen LogP contribution in [0.3, 0.4) is 0 Å². The van der Waals surface area contributed by atoms with E-state index in [9.17, 15) is 4.79 Å². The van der Waals surface area contributed by atoms with E-state index >= 15 is 0 Å². The standard InChI is InChI=1S/C10H14N2O2/c1-7-3-5-12-10(8(7)2)14-6-4-9(11)13/h3,5H,4,6H2,1-2H3,(H2,11,13). The van der Waals surface area contributed by atoms with Gasteiger partial charge in [-0.25, -0.2) is 4.98 Å². The minimum Gasteiger partial charge on any atom is -0.477 e. The van der Waals surface area contributed by atoms with E-state index < -0.39 is 0 Å². The van der Waals surface area contributed by atoms with Crippen molar-refractivity contribution in [2.24, 2.45) is 5.73 Å². The number of primary amides is 1. The summed E-state index contributed by atoms with van der Waals surface area (Å²) < 4.78 is 5.32. The summed E-state index contributed by atoms with van der Waals surface area (Å²) in [7, 11) is 0. The molecule has 2 N–H and O–H groups in total. The van der Waals surface area contributed by atoms with Gasteiger partial charge in [-0.3, -0.25) is 4.79 Å². The van der Waals surface area contributed by atoms with Crippen LogP contribution in [0.5, 0.6) is 5.88 Å². The van der Waals surface area contributed by atoms with Crippen molar-refractivity contribution in [3.05, 3.63) is 23.4 Å². The Balaban J connectivity index is 2.59. The Hall–Kier alpha value is -1.58. The zero-order valence-corrected chi connectivity index (χ0v) is 8.41. The van der Waals surface area contributed by atoms with Gasteiger partial charge in [-0.05, 0) is 25.5 Å². The van der Waals surface area contributed by atoms with Crippen LogP contribution in [0, 0.1) is 13.8 Å². The number of hydrogen-bond donors (Lipinski definition) is 1. The van der Waals surface area contributed by atoms with Crippen molar-refractivity contribution in [2.45, 2.75) is 20.3 Å². The lowest BCUT2D eigenvalue weighted by Gasteiger charge is -2.08. The number of hydrogen-bond acceptors (Lipinski definition) is 3. The summed E-state index contributed by atoms with van der Waals surface area (Å²) in [5.74, 6) is 0.210. The fraction of sp³-hybridized carbons (Fsp3) is 0.400. The predicted octanol–water partition coefficient (Wildman–Crippen LogP) is 0.953. The normalized spacial score (nSPS) is 9.86. The largest absolute Gasteiger partial charge is 0.477 e. The van der Waals surface area contributed by atoms with E-state index in [1.807, 2.05) is 19.9 Å². The van der Waals surface area contributed by atoms with Crippen molar-refractivity contribution in [3.8, 4) is 5.88 Å². The molecule has 0 aliphatic rings. The van der Waals surface area contributed by atoms with Crippen LogP contribution in [-0.2, 0) is 4.79 Å². The third-order valence-electron chi connectivity index (χ3n) is 2.02. The zero-order chi connectivity index (χ0) is 10.6. The van der Waals surface area contributed by atoms with Crippen molar-refractivity contribution < 1.29 is 9.53 Å². The highest BCUT2D eigenvalue weighted by Crippen LogP contribution is 2.16. The molecule has 0 fully saturated rings. The monoisotopic (exact) mass is 194 g/mol. The van der Waals surface area contributed by atoms with Gasteiger partial charge in [0.1, 0.15) is 0 Å². The van der Waals surface area contributed by atoms with Gasteiger partial charge < -0.3 is 10.5 Å². The average molecular weight is 194 g/mol. The molecule has 1 aromatic rings. The van der Waals surface area contributed by atoms with E-state index in [-0.39, 0.29) is 18.9 Å². The van der Waals surface area contributed by atoms with Crippen LogP contribution < -0.4 is 10.5 Å². The molecule has 76 valence electrons. The topological polar surface area (TPSA) is 65.2 Å². The average Bonchev–Trinajstić information content (AvgIpc) is 2.12.